The Labute approximate surface area is 104 Å². The summed E-state index contributed by atoms with van der Waals surface area (Å²) >= 11 is 0. The molecule has 0 aromatic heterocycles. The first-order chi connectivity index (χ1) is 7.24. The van der Waals surface area contributed by atoms with Crippen molar-refractivity contribution in [1.82, 2.24) is 5.32 Å². The summed E-state index contributed by atoms with van der Waals surface area (Å²) in [6.45, 7) is 4.32. The molecule has 1 rings (SSSR count). The standard InChI is InChI=1S/C11H22N2O2.ClH/c1-9(10-4-7-15-8-5-10)13-11(14)3-2-6-12;/h9-10H,2-8,12H2,1H3,(H,13,14);1H. The first kappa shape index (κ1) is 15.7. The van der Waals surface area contributed by atoms with Gasteiger partial charge in [0.05, 0.1) is 0 Å². The summed E-state index contributed by atoms with van der Waals surface area (Å²) in [6.07, 6.45) is 3.42. The molecule has 1 saturated heterocycles. The Morgan fingerprint density at radius 2 is 2.12 bits per heavy atom. The predicted molar refractivity (Wildman–Crippen MR) is 66.7 cm³/mol. The van der Waals surface area contributed by atoms with Gasteiger partial charge in [-0.05, 0) is 38.6 Å². The van der Waals surface area contributed by atoms with E-state index in [9.17, 15) is 4.79 Å². The minimum atomic E-state index is 0. The van der Waals surface area contributed by atoms with E-state index in [-0.39, 0.29) is 24.4 Å². The summed E-state index contributed by atoms with van der Waals surface area (Å²) in [5.41, 5.74) is 5.35. The smallest absolute Gasteiger partial charge is 0.220 e. The Balaban J connectivity index is 0.00000225. The number of carbonyl (C=O) groups excluding carboxylic acids is 1. The second kappa shape index (κ2) is 8.79. The monoisotopic (exact) mass is 250 g/mol. The molecule has 1 atom stereocenters. The molecule has 0 radical (unpaired) electrons. The summed E-state index contributed by atoms with van der Waals surface area (Å²) in [5.74, 6) is 0.694. The summed E-state index contributed by atoms with van der Waals surface area (Å²) < 4.78 is 5.29. The Morgan fingerprint density at radius 1 is 1.50 bits per heavy atom. The van der Waals surface area contributed by atoms with Crippen molar-refractivity contribution >= 4 is 18.3 Å². The third-order valence-electron chi connectivity index (χ3n) is 2.97. The lowest BCUT2D eigenvalue weighted by molar-refractivity contribution is -0.122. The lowest BCUT2D eigenvalue weighted by Gasteiger charge is -2.28. The highest BCUT2D eigenvalue weighted by Gasteiger charge is 2.21. The lowest BCUT2D eigenvalue weighted by Crippen LogP contribution is -2.40. The molecule has 1 aliphatic heterocycles. The summed E-state index contributed by atoms with van der Waals surface area (Å²) in [7, 11) is 0. The van der Waals surface area contributed by atoms with Crippen LogP contribution in [0.4, 0.5) is 0 Å². The number of nitrogens with two attached hydrogens (primary N) is 1. The third-order valence-corrected chi connectivity index (χ3v) is 2.97. The SMILES string of the molecule is CC(NC(=O)CCCN)C1CCOCC1.Cl. The van der Waals surface area contributed by atoms with Crippen LogP contribution in [0, 0.1) is 5.92 Å². The fourth-order valence-electron chi connectivity index (χ4n) is 1.92. The van der Waals surface area contributed by atoms with Gasteiger partial charge in [0.15, 0.2) is 0 Å². The zero-order valence-electron chi connectivity index (χ0n) is 9.91. The number of rotatable bonds is 5. The van der Waals surface area contributed by atoms with Crippen molar-refractivity contribution in [3.05, 3.63) is 0 Å². The van der Waals surface area contributed by atoms with Crippen molar-refractivity contribution in [1.29, 1.82) is 0 Å². The molecule has 0 spiro atoms. The molecule has 3 N–H and O–H groups in total. The zero-order chi connectivity index (χ0) is 11.1. The number of carbonyl (C=O) groups is 1. The molecule has 1 amide bonds. The van der Waals surface area contributed by atoms with E-state index >= 15 is 0 Å². The predicted octanol–water partition coefficient (Wildman–Crippen LogP) is 1.08. The van der Waals surface area contributed by atoms with Gasteiger partial charge in [0.25, 0.3) is 0 Å². The van der Waals surface area contributed by atoms with Crippen LogP contribution in [0.2, 0.25) is 0 Å². The van der Waals surface area contributed by atoms with Gasteiger partial charge in [-0.25, -0.2) is 0 Å². The number of nitrogens with one attached hydrogen (secondary N) is 1. The second-order valence-electron chi connectivity index (χ2n) is 4.20. The fraction of sp³-hybridized carbons (Fsp3) is 0.909. The van der Waals surface area contributed by atoms with Crippen LogP contribution in [0.3, 0.4) is 0 Å². The molecule has 5 heteroatoms. The van der Waals surface area contributed by atoms with Crippen LogP contribution < -0.4 is 11.1 Å². The molecular formula is C11H23ClN2O2. The molecule has 0 bridgehead atoms. The summed E-state index contributed by atoms with van der Waals surface area (Å²) in [4.78, 5) is 11.5. The molecule has 1 unspecified atom stereocenters. The van der Waals surface area contributed by atoms with Crippen LogP contribution in [0.25, 0.3) is 0 Å². The van der Waals surface area contributed by atoms with Crippen molar-refractivity contribution in [2.24, 2.45) is 11.7 Å². The van der Waals surface area contributed by atoms with Gasteiger partial charge in [-0.2, -0.15) is 0 Å². The molecule has 16 heavy (non-hydrogen) atoms. The normalized spacial score (nSPS) is 18.6. The van der Waals surface area contributed by atoms with Crippen LogP contribution >= 0.6 is 12.4 Å². The van der Waals surface area contributed by atoms with Gasteiger partial charge >= 0.3 is 0 Å². The Morgan fingerprint density at radius 3 is 2.69 bits per heavy atom. The van der Waals surface area contributed by atoms with Gasteiger partial charge in [-0.15, -0.1) is 12.4 Å². The average molecular weight is 251 g/mol. The minimum Gasteiger partial charge on any atom is -0.381 e. The second-order valence-corrected chi connectivity index (χ2v) is 4.20. The largest absolute Gasteiger partial charge is 0.381 e. The topological polar surface area (TPSA) is 64.4 Å². The molecule has 96 valence electrons. The van der Waals surface area contributed by atoms with E-state index in [0.717, 1.165) is 32.5 Å². The van der Waals surface area contributed by atoms with Gasteiger partial charge in [0, 0.05) is 25.7 Å². The van der Waals surface area contributed by atoms with Gasteiger partial charge in [0.1, 0.15) is 0 Å². The lowest BCUT2D eigenvalue weighted by atomic mass is 9.93. The van der Waals surface area contributed by atoms with Crippen molar-refractivity contribution in [2.75, 3.05) is 19.8 Å². The average Bonchev–Trinajstić information content (AvgIpc) is 2.27. The fourth-order valence-corrected chi connectivity index (χ4v) is 1.92. The Bertz CT molecular complexity index is 196. The van der Waals surface area contributed by atoms with Crippen LogP contribution in [-0.2, 0) is 9.53 Å². The zero-order valence-corrected chi connectivity index (χ0v) is 10.7. The highest BCUT2D eigenvalue weighted by molar-refractivity contribution is 5.85. The van der Waals surface area contributed by atoms with Crippen molar-refractivity contribution in [3.8, 4) is 0 Å². The van der Waals surface area contributed by atoms with Crippen LogP contribution in [0.1, 0.15) is 32.6 Å². The highest BCUT2D eigenvalue weighted by Crippen LogP contribution is 2.18. The first-order valence-electron chi connectivity index (χ1n) is 5.81. The number of amides is 1. The van der Waals surface area contributed by atoms with E-state index in [1.54, 1.807) is 0 Å². The number of ether oxygens (including phenoxy) is 1. The summed E-state index contributed by atoms with van der Waals surface area (Å²) in [5, 5.41) is 3.03. The molecular weight excluding hydrogens is 228 g/mol. The molecule has 1 heterocycles. The van der Waals surface area contributed by atoms with Crippen LogP contribution in [-0.4, -0.2) is 31.7 Å². The van der Waals surface area contributed by atoms with Crippen molar-refractivity contribution in [3.63, 3.8) is 0 Å². The van der Waals surface area contributed by atoms with Crippen molar-refractivity contribution in [2.45, 2.75) is 38.6 Å². The van der Waals surface area contributed by atoms with E-state index in [2.05, 4.69) is 12.2 Å². The van der Waals surface area contributed by atoms with Gasteiger partial charge in [0.2, 0.25) is 5.91 Å². The number of hydrogen-bond acceptors (Lipinski definition) is 3. The van der Waals surface area contributed by atoms with Crippen LogP contribution in [0.15, 0.2) is 0 Å². The van der Waals surface area contributed by atoms with E-state index < -0.39 is 0 Å². The molecule has 0 aromatic rings. The van der Waals surface area contributed by atoms with Gasteiger partial charge in [-0.1, -0.05) is 0 Å². The maximum absolute atomic E-state index is 11.5. The van der Waals surface area contributed by atoms with Crippen LogP contribution in [0.5, 0.6) is 0 Å². The molecule has 1 fully saturated rings. The minimum absolute atomic E-state index is 0. The van der Waals surface area contributed by atoms with Gasteiger partial charge < -0.3 is 15.8 Å². The third kappa shape index (κ3) is 5.68. The van der Waals surface area contributed by atoms with E-state index in [1.807, 2.05) is 0 Å². The van der Waals surface area contributed by atoms with E-state index in [0.29, 0.717) is 18.9 Å². The number of hydrogen-bond donors (Lipinski definition) is 2. The molecule has 0 saturated carbocycles. The maximum Gasteiger partial charge on any atom is 0.220 e. The molecule has 1 aliphatic rings. The van der Waals surface area contributed by atoms with E-state index in [1.165, 1.54) is 0 Å². The molecule has 4 nitrogen and oxygen atoms in total. The Hall–Kier alpha value is -0.320. The molecule has 0 aromatic carbocycles. The summed E-state index contributed by atoms with van der Waals surface area (Å²) in [6, 6.07) is 0.263. The van der Waals surface area contributed by atoms with Gasteiger partial charge in [-0.3, -0.25) is 4.79 Å². The highest BCUT2D eigenvalue weighted by atomic mass is 35.5. The van der Waals surface area contributed by atoms with Crippen molar-refractivity contribution < 1.29 is 9.53 Å². The first-order valence-corrected chi connectivity index (χ1v) is 5.81. The number of halogens is 1. The van der Waals surface area contributed by atoms with E-state index in [4.69, 9.17) is 10.5 Å². The molecule has 0 aliphatic carbocycles. The Kier molecular flexibility index (Phi) is 8.61. The maximum atomic E-state index is 11.5. The quantitative estimate of drug-likeness (QED) is 0.768.